The molecule has 1 N–H and O–H groups in total. The Balaban J connectivity index is 2.03. The summed E-state index contributed by atoms with van der Waals surface area (Å²) in [7, 11) is -0.370. The fourth-order valence-corrected chi connectivity index (χ4v) is 2.52. The van der Waals surface area contributed by atoms with Crippen molar-refractivity contribution in [2.24, 2.45) is 0 Å². The number of hydrogen-bond acceptors (Lipinski definition) is 6. The Labute approximate surface area is 146 Å². The maximum atomic E-state index is 10.6. The van der Waals surface area contributed by atoms with Gasteiger partial charge in [0.1, 0.15) is 18.1 Å². The van der Waals surface area contributed by atoms with Gasteiger partial charge in [-0.3, -0.25) is 9.51 Å². The SMILES string of the molecule is Cc1cc(OCc2cncc(COP=O)c2)cc(C)c1OCC(=O)O. The summed E-state index contributed by atoms with van der Waals surface area (Å²) in [6, 6.07) is 5.45. The lowest BCUT2D eigenvalue weighted by molar-refractivity contribution is -0.139. The largest absolute Gasteiger partial charge is 0.489 e. The van der Waals surface area contributed by atoms with Crippen LogP contribution in [0.25, 0.3) is 0 Å². The number of benzene rings is 1. The van der Waals surface area contributed by atoms with E-state index in [1.54, 1.807) is 24.5 Å². The minimum absolute atomic E-state index is 0.208. The van der Waals surface area contributed by atoms with Crippen LogP contribution in [0.2, 0.25) is 0 Å². The minimum Gasteiger partial charge on any atom is -0.489 e. The third-order valence-corrected chi connectivity index (χ3v) is 3.55. The van der Waals surface area contributed by atoms with E-state index in [-0.39, 0.29) is 21.9 Å². The van der Waals surface area contributed by atoms with Gasteiger partial charge in [0.15, 0.2) is 6.61 Å². The second-order valence-electron chi connectivity index (χ2n) is 5.41. The predicted octanol–water partition coefficient (Wildman–Crippen LogP) is 3.46. The Morgan fingerprint density at radius 1 is 1.08 bits per heavy atom. The first-order chi connectivity index (χ1) is 12.0. The van der Waals surface area contributed by atoms with E-state index in [0.717, 1.165) is 22.3 Å². The van der Waals surface area contributed by atoms with Crippen molar-refractivity contribution in [3.63, 3.8) is 0 Å². The predicted molar refractivity (Wildman–Crippen MR) is 90.0 cm³/mol. The van der Waals surface area contributed by atoms with Crippen molar-refractivity contribution in [1.82, 2.24) is 4.98 Å². The van der Waals surface area contributed by atoms with Gasteiger partial charge in [0.25, 0.3) is 0 Å². The van der Waals surface area contributed by atoms with E-state index in [9.17, 15) is 9.36 Å². The molecule has 0 aliphatic rings. The fraction of sp³-hybridized carbons (Fsp3) is 0.294. The van der Waals surface area contributed by atoms with Crippen LogP contribution in [0.15, 0.2) is 30.6 Å². The maximum absolute atomic E-state index is 10.6. The molecule has 2 rings (SSSR count). The number of rotatable bonds is 9. The molecule has 0 atom stereocenters. The Bertz CT molecular complexity index is 742. The Morgan fingerprint density at radius 2 is 1.72 bits per heavy atom. The van der Waals surface area contributed by atoms with Crippen LogP contribution in [-0.2, 0) is 27.1 Å². The molecule has 25 heavy (non-hydrogen) atoms. The van der Waals surface area contributed by atoms with Gasteiger partial charge in [-0.05, 0) is 48.7 Å². The van der Waals surface area contributed by atoms with Crippen LogP contribution in [0.3, 0.4) is 0 Å². The van der Waals surface area contributed by atoms with E-state index in [0.29, 0.717) is 18.1 Å². The zero-order valence-electron chi connectivity index (χ0n) is 13.9. The van der Waals surface area contributed by atoms with Crippen molar-refractivity contribution < 1.29 is 28.5 Å². The number of hydrogen-bond donors (Lipinski definition) is 1. The number of nitrogens with zero attached hydrogens (tertiary/aromatic N) is 1. The van der Waals surface area contributed by atoms with E-state index in [1.165, 1.54) is 0 Å². The zero-order valence-corrected chi connectivity index (χ0v) is 14.8. The number of carboxylic acids is 1. The Morgan fingerprint density at radius 3 is 2.32 bits per heavy atom. The number of aryl methyl sites for hydroxylation is 2. The topological polar surface area (TPSA) is 95.0 Å². The molecular formula is C17H18NO6P. The van der Waals surface area contributed by atoms with Gasteiger partial charge in [0, 0.05) is 18.0 Å². The first-order valence-corrected chi connectivity index (χ1v) is 8.18. The summed E-state index contributed by atoms with van der Waals surface area (Å²) in [5, 5.41) is 8.72. The van der Waals surface area contributed by atoms with Gasteiger partial charge in [-0.1, -0.05) is 0 Å². The molecule has 0 radical (unpaired) electrons. The van der Waals surface area contributed by atoms with E-state index in [1.807, 2.05) is 19.9 Å². The van der Waals surface area contributed by atoms with Gasteiger partial charge in [0.2, 0.25) is 0 Å². The first-order valence-electron chi connectivity index (χ1n) is 7.45. The van der Waals surface area contributed by atoms with Gasteiger partial charge in [-0.2, -0.15) is 0 Å². The number of carboxylic acid groups (broad SMARTS) is 1. The highest BCUT2D eigenvalue weighted by atomic mass is 31.1. The highest BCUT2D eigenvalue weighted by Gasteiger charge is 2.09. The highest BCUT2D eigenvalue weighted by Crippen LogP contribution is 2.29. The maximum Gasteiger partial charge on any atom is 0.341 e. The molecule has 0 fully saturated rings. The summed E-state index contributed by atoms with van der Waals surface area (Å²) in [6.45, 7) is 3.80. The van der Waals surface area contributed by atoms with Crippen LogP contribution in [0.4, 0.5) is 0 Å². The van der Waals surface area contributed by atoms with Crippen molar-refractivity contribution in [3.05, 3.63) is 52.8 Å². The number of pyridine rings is 1. The van der Waals surface area contributed by atoms with Gasteiger partial charge < -0.3 is 14.6 Å². The number of ether oxygens (including phenoxy) is 2. The first kappa shape index (κ1) is 18.8. The third kappa shape index (κ3) is 5.81. The molecule has 1 heterocycles. The van der Waals surface area contributed by atoms with Crippen LogP contribution >= 0.6 is 8.69 Å². The van der Waals surface area contributed by atoms with Crippen LogP contribution < -0.4 is 9.47 Å². The second-order valence-corrected chi connectivity index (χ2v) is 5.81. The standard InChI is InChI=1S/C17H18NO6P/c1-11-3-15(4-12(2)17(11)23-10-16(19)20)22-8-13-5-14(7-18-6-13)9-24-25-21/h3-7H,8-10H2,1-2H3,(H,19,20). The summed E-state index contributed by atoms with van der Waals surface area (Å²) < 4.78 is 26.2. The number of aliphatic carboxylic acids is 1. The molecule has 1 aromatic carbocycles. The van der Waals surface area contributed by atoms with Crippen LogP contribution in [0, 0.1) is 13.8 Å². The van der Waals surface area contributed by atoms with E-state index in [4.69, 9.17) is 19.1 Å². The number of carbonyl (C=O) groups is 1. The van der Waals surface area contributed by atoms with E-state index < -0.39 is 5.97 Å². The molecule has 0 saturated heterocycles. The molecule has 0 amide bonds. The summed E-state index contributed by atoms with van der Waals surface area (Å²) in [6.07, 6.45) is 3.32. The van der Waals surface area contributed by atoms with Crippen molar-refractivity contribution in [2.75, 3.05) is 6.61 Å². The Hall–Kier alpha value is -2.50. The van der Waals surface area contributed by atoms with E-state index in [2.05, 4.69) is 4.98 Å². The molecule has 0 saturated carbocycles. The van der Waals surface area contributed by atoms with Crippen molar-refractivity contribution in [1.29, 1.82) is 0 Å². The molecule has 0 bridgehead atoms. The van der Waals surface area contributed by atoms with Crippen LogP contribution in [0.5, 0.6) is 11.5 Å². The zero-order chi connectivity index (χ0) is 18.2. The molecule has 132 valence electrons. The molecule has 1 aromatic heterocycles. The van der Waals surface area contributed by atoms with Gasteiger partial charge >= 0.3 is 14.7 Å². The van der Waals surface area contributed by atoms with Gasteiger partial charge in [-0.25, -0.2) is 9.36 Å². The molecule has 8 heteroatoms. The lowest BCUT2D eigenvalue weighted by Gasteiger charge is -2.14. The van der Waals surface area contributed by atoms with Gasteiger partial charge in [-0.15, -0.1) is 0 Å². The smallest absolute Gasteiger partial charge is 0.341 e. The van der Waals surface area contributed by atoms with Crippen LogP contribution in [-0.4, -0.2) is 22.7 Å². The number of aromatic nitrogens is 1. The van der Waals surface area contributed by atoms with Crippen molar-refractivity contribution >= 4 is 14.7 Å². The highest BCUT2D eigenvalue weighted by molar-refractivity contribution is 7.17. The monoisotopic (exact) mass is 363 g/mol. The van der Waals surface area contributed by atoms with Crippen molar-refractivity contribution in [3.8, 4) is 11.5 Å². The lowest BCUT2D eigenvalue weighted by Crippen LogP contribution is -2.11. The van der Waals surface area contributed by atoms with Crippen molar-refractivity contribution in [2.45, 2.75) is 27.1 Å². The minimum atomic E-state index is -1.02. The lowest BCUT2D eigenvalue weighted by atomic mass is 10.1. The Kier molecular flexibility index (Phi) is 6.86. The summed E-state index contributed by atoms with van der Waals surface area (Å²) >= 11 is 0. The molecular weight excluding hydrogens is 345 g/mol. The summed E-state index contributed by atoms with van der Waals surface area (Å²) in [4.78, 5) is 14.7. The van der Waals surface area contributed by atoms with Crippen LogP contribution in [0.1, 0.15) is 22.3 Å². The molecule has 2 aromatic rings. The third-order valence-electron chi connectivity index (χ3n) is 3.31. The average molecular weight is 363 g/mol. The van der Waals surface area contributed by atoms with E-state index >= 15 is 0 Å². The molecule has 0 aliphatic carbocycles. The molecule has 7 nitrogen and oxygen atoms in total. The van der Waals surface area contributed by atoms with Gasteiger partial charge in [0.05, 0.1) is 6.61 Å². The average Bonchev–Trinajstić information content (AvgIpc) is 2.57. The normalized spacial score (nSPS) is 10.6. The molecule has 0 aliphatic heterocycles. The second kappa shape index (κ2) is 9.11. The fourth-order valence-electron chi connectivity index (χ4n) is 2.32. The molecule has 0 unspecified atom stereocenters. The summed E-state index contributed by atoms with van der Waals surface area (Å²) in [5.74, 6) is 0.177. The summed E-state index contributed by atoms with van der Waals surface area (Å²) in [5.41, 5.74) is 3.25. The molecule has 0 spiro atoms. The quantitative estimate of drug-likeness (QED) is 0.682.